The number of H-pyrrole nitrogens is 1. The summed E-state index contributed by atoms with van der Waals surface area (Å²) in [5, 5.41) is 9.70. The van der Waals surface area contributed by atoms with Crippen LogP contribution in [0.3, 0.4) is 0 Å². The molecule has 0 aliphatic heterocycles. The fourth-order valence-electron chi connectivity index (χ4n) is 2.44. The molecule has 1 aliphatic carbocycles. The van der Waals surface area contributed by atoms with Gasteiger partial charge in [0.1, 0.15) is 11.6 Å². The van der Waals surface area contributed by atoms with E-state index in [9.17, 15) is 9.90 Å². The number of benzene rings is 1. The smallest absolute Gasteiger partial charge is 0.167 e. The van der Waals surface area contributed by atoms with Gasteiger partial charge in [-0.1, -0.05) is 12.1 Å². The molecule has 1 aromatic heterocycles. The van der Waals surface area contributed by atoms with E-state index < -0.39 is 0 Å². The van der Waals surface area contributed by atoms with Gasteiger partial charge in [0.25, 0.3) is 0 Å². The van der Waals surface area contributed by atoms with E-state index in [2.05, 4.69) is 15.0 Å². The second kappa shape index (κ2) is 5.91. The number of carbonyl (C=O) groups is 1. The molecule has 0 radical (unpaired) electrons. The minimum absolute atomic E-state index is 0.0220. The average Bonchev–Trinajstić information content (AvgIpc) is 2.88. The number of fused-ring (bicyclic) bond motifs is 1. The molecule has 5 heteroatoms. The first-order valence-corrected chi connectivity index (χ1v) is 7.13. The molecule has 0 unspecified atom stereocenters. The number of imidazole rings is 1. The van der Waals surface area contributed by atoms with Crippen LogP contribution in [0.15, 0.2) is 40.6 Å². The Bertz CT molecular complexity index is 695. The molecule has 0 saturated heterocycles. The van der Waals surface area contributed by atoms with E-state index in [4.69, 9.17) is 0 Å². The van der Waals surface area contributed by atoms with Crippen molar-refractivity contribution in [2.75, 3.05) is 6.54 Å². The van der Waals surface area contributed by atoms with Crippen molar-refractivity contribution in [1.82, 2.24) is 9.97 Å². The maximum atomic E-state index is 11.7. The Labute approximate surface area is 122 Å². The summed E-state index contributed by atoms with van der Waals surface area (Å²) >= 11 is 0. The summed E-state index contributed by atoms with van der Waals surface area (Å²) < 4.78 is 0. The van der Waals surface area contributed by atoms with Crippen LogP contribution >= 0.6 is 0 Å². The summed E-state index contributed by atoms with van der Waals surface area (Å²) in [5.74, 6) is 1.02. The molecular formula is C16H17N3O2. The van der Waals surface area contributed by atoms with Gasteiger partial charge in [0.15, 0.2) is 5.78 Å². The fourth-order valence-corrected chi connectivity index (χ4v) is 2.44. The Morgan fingerprint density at radius 1 is 1.33 bits per heavy atom. The van der Waals surface area contributed by atoms with Crippen LogP contribution in [0.4, 0.5) is 0 Å². The van der Waals surface area contributed by atoms with Crippen molar-refractivity contribution in [1.29, 1.82) is 0 Å². The van der Waals surface area contributed by atoms with Crippen molar-refractivity contribution in [3.63, 3.8) is 0 Å². The molecule has 2 aromatic rings. The third-order valence-corrected chi connectivity index (χ3v) is 3.57. The number of aromatic amines is 1. The van der Waals surface area contributed by atoms with Crippen molar-refractivity contribution in [3.05, 3.63) is 41.4 Å². The van der Waals surface area contributed by atoms with Crippen molar-refractivity contribution in [2.45, 2.75) is 25.7 Å². The van der Waals surface area contributed by atoms with Gasteiger partial charge in [0.05, 0.1) is 16.6 Å². The lowest BCUT2D eigenvalue weighted by Gasteiger charge is -2.10. The zero-order valence-electron chi connectivity index (χ0n) is 11.7. The zero-order chi connectivity index (χ0) is 14.7. The number of aliphatic imine (C=N–C) groups is 1. The standard InChI is InChI=1S/C16H17N3O2/c20-14-6-3-7-15(21)11(14)10-17-9-8-16-18-12-4-1-2-5-13(12)19-16/h1-2,4-5,10,20H,3,6-9H2,(H,18,19). The minimum Gasteiger partial charge on any atom is -0.512 e. The molecule has 5 nitrogen and oxygen atoms in total. The topological polar surface area (TPSA) is 78.3 Å². The Kier molecular flexibility index (Phi) is 3.81. The Morgan fingerprint density at radius 3 is 3.00 bits per heavy atom. The maximum absolute atomic E-state index is 11.7. The van der Waals surface area contributed by atoms with Gasteiger partial charge in [0, 0.05) is 32.0 Å². The second-order valence-electron chi connectivity index (χ2n) is 5.12. The summed E-state index contributed by atoms with van der Waals surface area (Å²) in [7, 11) is 0. The molecular weight excluding hydrogens is 266 g/mol. The van der Waals surface area contributed by atoms with Gasteiger partial charge in [0.2, 0.25) is 0 Å². The lowest BCUT2D eigenvalue weighted by molar-refractivity contribution is -0.115. The molecule has 0 atom stereocenters. The largest absolute Gasteiger partial charge is 0.512 e. The average molecular weight is 283 g/mol. The van der Waals surface area contributed by atoms with Gasteiger partial charge in [-0.05, 0) is 18.6 Å². The first-order valence-electron chi connectivity index (χ1n) is 7.13. The highest BCUT2D eigenvalue weighted by Gasteiger charge is 2.18. The van der Waals surface area contributed by atoms with E-state index in [1.54, 1.807) is 0 Å². The lowest BCUT2D eigenvalue weighted by Crippen LogP contribution is -2.12. The SMILES string of the molecule is O=C1CCCC(O)=C1C=NCCc1nc2ccccc2[nH]1. The van der Waals surface area contributed by atoms with Crippen LogP contribution in [0.5, 0.6) is 0 Å². The molecule has 21 heavy (non-hydrogen) atoms. The number of nitrogens with zero attached hydrogens (tertiary/aromatic N) is 2. The fraction of sp³-hybridized carbons (Fsp3) is 0.312. The third-order valence-electron chi connectivity index (χ3n) is 3.57. The van der Waals surface area contributed by atoms with E-state index in [0.29, 0.717) is 31.4 Å². The molecule has 108 valence electrons. The van der Waals surface area contributed by atoms with E-state index >= 15 is 0 Å². The number of carbonyl (C=O) groups excluding carboxylic acids is 1. The molecule has 0 spiro atoms. The van der Waals surface area contributed by atoms with Crippen LogP contribution in [-0.2, 0) is 11.2 Å². The third kappa shape index (κ3) is 3.02. The van der Waals surface area contributed by atoms with Crippen LogP contribution < -0.4 is 0 Å². The van der Waals surface area contributed by atoms with Crippen LogP contribution in [0.2, 0.25) is 0 Å². The predicted molar refractivity (Wildman–Crippen MR) is 81.7 cm³/mol. The van der Waals surface area contributed by atoms with Crippen molar-refractivity contribution >= 4 is 23.0 Å². The number of hydrogen-bond acceptors (Lipinski definition) is 4. The van der Waals surface area contributed by atoms with Gasteiger partial charge in [-0.2, -0.15) is 0 Å². The zero-order valence-corrected chi connectivity index (χ0v) is 11.7. The number of para-hydroxylation sites is 2. The van der Waals surface area contributed by atoms with Crippen molar-refractivity contribution in [2.24, 2.45) is 4.99 Å². The molecule has 1 aromatic carbocycles. The first kappa shape index (κ1) is 13.5. The quantitative estimate of drug-likeness (QED) is 0.847. The lowest BCUT2D eigenvalue weighted by atomic mass is 9.97. The summed E-state index contributed by atoms with van der Waals surface area (Å²) in [6.45, 7) is 0.532. The number of aromatic nitrogens is 2. The van der Waals surface area contributed by atoms with Crippen molar-refractivity contribution in [3.8, 4) is 0 Å². The molecule has 0 saturated carbocycles. The minimum atomic E-state index is -0.0220. The molecule has 0 bridgehead atoms. The first-order chi connectivity index (χ1) is 10.2. The molecule has 1 aliphatic rings. The van der Waals surface area contributed by atoms with Gasteiger partial charge in [-0.3, -0.25) is 9.79 Å². The van der Waals surface area contributed by atoms with E-state index in [-0.39, 0.29) is 11.5 Å². The summed E-state index contributed by atoms with van der Waals surface area (Å²) in [4.78, 5) is 23.6. The van der Waals surface area contributed by atoms with Crippen LogP contribution in [0, 0.1) is 0 Å². The number of rotatable bonds is 4. The Morgan fingerprint density at radius 2 is 2.19 bits per heavy atom. The number of Topliss-reactive ketones (excluding diaryl/α,β-unsaturated/α-hetero) is 1. The van der Waals surface area contributed by atoms with Gasteiger partial charge in [-0.25, -0.2) is 4.98 Å². The predicted octanol–water partition coefficient (Wildman–Crippen LogP) is 2.74. The highest BCUT2D eigenvalue weighted by atomic mass is 16.3. The van der Waals surface area contributed by atoms with Crippen LogP contribution in [0.1, 0.15) is 25.1 Å². The molecule has 0 fully saturated rings. The Hall–Kier alpha value is -2.43. The maximum Gasteiger partial charge on any atom is 0.167 e. The number of ketones is 1. The van der Waals surface area contributed by atoms with E-state index in [1.807, 2.05) is 24.3 Å². The summed E-state index contributed by atoms with van der Waals surface area (Å²) in [6.07, 6.45) is 3.96. The van der Waals surface area contributed by atoms with Crippen LogP contribution in [0.25, 0.3) is 11.0 Å². The van der Waals surface area contributed by atoms with Gasteiger partial charge < -0.3 is 10.1 Å². The van der Waals surface area contributed by atoms with Gasteiger partial charge >= 0.3 is 0 Å². The number of allylic oxidation sites excluding steroid dienone is 2. The highest BCUT2D eigenvalue weighted by molar-refractivity contribution is 6.14. The second-order valence-corrected chi connectivity index (χ2v) is 5.12. The van der Waals surface area contributed by atoms with Crippen LogP contribution in [-0.4, -0.2) is 33.6 Å². The number of aliphatic hydroxyl groups excluding tert-OH is 1. The number of aliphatic hydroxyl groups is 1. The highest BCUT2D eigenvalue weighted by Crippen LogP contribution is 2.18. The Balaban J connectivity index is 1.63. The van der Waals surface area contributed by atoms with Crippen molar-refractivity contribution < 1.29 is 9.90 Å². The molecule has 3 rings (SSSR count). The normalized spacial score (nSPS) is 16.3. The van der Waals surface area contributed by atoms with E-state index in [0.717, 1.165) is 23.3 Å². The number of hydrogen-bond donors (Lipinski definition) is 2. The summed E-state index contributed by atoms with van der Waals surface area (Å²) in [6, 6.07) is 7.86. The monoisotopic (exact) mass is 283 g/mol. The molecule has 2 N–H and O–H groups in total. The summed E-state index contributed by atoms with van der Waals surface area (Å²) in [5.41, 5.74) is 2.32. The molecule has 0 amide bonds. The van der Waals surface area contributed by atoms with Gasteiger partial charge in [-0.15, -0.1) is 0 Å². The number of nitrogens with one attached hydrogen (secondary N) is 1. The molecule has 1 heterocycles. The van der Waals surface area contributed by atoms with E-state index in [1.165, 1.54) is 6.21 Å².